The topological polar surface area (TPSA) is 67.1 Å². The number of aliphatic imine (C=N–C) groups is 1. The first-order valence-corrected chi connectivity index (χ1v) is 10.0. The Morgan fingerprint density at radius 3 is 2.55 bits per heavy atom. The molecule has 0 aliphatic rings. The number of nitrogens with one attached hydrogen (secondary N) is 2. The number of hydrogen-bond acceptors (Lipinski definition) is 3. The molecule has 0 spiro atoms. The Bertz CT molecular complexity index is 1030. The number of aromatic nitrogens is 3. The molecule has 2 heterocycles. The molecular weight excluding hydrogens is 530 g/mol. The zero-order chi connectivity index (χ0) is 21.7. The van der Waals surface area contributed by atoms with Crippen molar-refractivity contribution in [1.82, 2.24) is 25.2 Å². The molecule has 31 heavy (non-hydrogen) atoms. The Hall–Kier alpha value is -2.20. The van der Waals surface area contributed by atoms with E-state index < -0.39 is 0 Å². The van der Waals surface area contributed by atoms with Gasteiger partial charge in [0.15, 0.2) is 5.96 Å². The highest BCUT2D eigenvalue weighted by atomic mass is 127. The molecule has 0 bridgehead atoms. The van der Waals surface area contributed by atoms with Crippen molar-refractivity contribution in [3.05, 3.63) is 76.7 Å². The van der Waals surface area contributed by atoms with Crippen molar-refractivity contribution in [2.24, 2.45) is 4.99 Å². The highest BCUT2D eigenvalue weighted by molar-refractivity contribution is 14.0. The number of imidazole rings is 1. The molecule has 0 amide bonds. The van der Waals surface area contributed by atoms with Crippen LogP contribution >= 0.6 is 35.6 Å². The minimum atomic E-state index is -0.340. The number of aryl methyl sites for hydroxylation is 1. The van der Waals surface area contributed by atoms with E-state index in [9.17, 15) is 4.39 Å². The van der Waals surface area contributed by atoms with Gasteiger partial charge in [-0.15, -0.1) is 24.0 Å². The van der Waals surface area contributed by atoms with Crippen molar-refractivity contribution < 1.29 is 4.39 Å². The zero-order valence-corrected chi connectivity index (χ0v) is 21.1. The molecule has 9 heteroatoms. The maximum Gasteiger partial charge on any atom is 0.191 e. The fourth-order valence-corrected chi connectivity index (χ4v) is 3.55. The van der Waals surface area contributed by atoms with Gasteiger partial charge in [0, 0.05) is 49.2 Å². The molecule has 0 atom stereocenters. The van der Waals surface area contributed by atoms with Crippen LogP contribution in [0.25, 0.3) is 5.82 Å². The van der Waals surface area contributed by atoms with E-state index in [2.05, 4.69) is 25.6 Å². The number of rotatable bonds is 6. The molecule has 0 unspecified atom stereocenters. The van der Waals surface area contributed by atoms with Crippen LogP contribution in [0, 0.1) is 12.7 Å². The lowest BCUT2D eigenvalue weighted by Crippen LogP contribution is -2.43. The van der Waals surface area contributed by atoms with Gasteiger partial charge in [0.05, 0.1) is 0 Å². The summed E-state index contributed by atoms with van der Waals surface area (Å²) in [5.41, 5.74) is 1.59. The van der Waals surface area contributed by atoms with E-state index in [1.807, 2.05) is 49.9 Å². The van der Waals surface area contributed by atoms with Gasteiger partial charge < -0.3 is 10.6 Å². The average Bonchev–Trinajstić information content (AvgIpc) is 3.14. The number of hydrogen-bond donors (Lipinski definition) is 2. The van der Waals surface area contributed by atoms with Gasteiger partial charge in [0.25, 0.3) is 0 Å². The van der Waals surface area contributed by atoms with E-state index in [-0.39, 0.29) is 35.2 Å². The van der Waals surface area contributed by atoms with E-state index in [1.54, 1.807) is 19.3 Å². The third kappa shape index (κ3) is 6.39. The number of halogens is 3. The van der Waals surface area contributed by atoms with Crippen LogP contribution in [0.3, 0.4) is 0 Å². The second kappa shape index (κ2) is 10.9. The molecule has 3 aromatic rings. The van der Waals surface area contributed by atoms with Crippen molar-refractivity contribution in [3.63, 3.8) is 0 Å². The van der Waals surface area contributed by atoms with Crippen LogP contribution < -0.4 is 10.6 Å². The highest BCUT2D eigenvalue weighted by Crippen LogP contribution is 2.29. The SMILES string of the molecule is CN=C(NCc1ccc(-n2ccnc2C)nc1)NCC(C)(C)c1ccc(F)cc1Cl.I. The molecule has 0 aliphatic carbocycles. The van der Waals surface area contributed by atoms with Gasteiger partial charge in [0.1, 0.15) is 17.5 Å². The van der Waals surface area contributed by atoms with Gasteiger partial charge >= 0.3 is 0 Å². The lowest BCUT2D eigenvalue weighted by molar-refractivity contribution is 0.507. The normalized spacial score (nSPS) is 11.7. The summed E-state index contributed by atoms with van der Waals surface area (Å²) in [7, 11) is 1.72. The fraction of sp³-hybridized carbons (Fsp3) is 0.318. The molecule has 2 aromatic heterocycles. The molecule has 166 valence electrons. The van der Waals surface area contributed by atoms with Crippen molar-refractivity contribution >= 4 is 41.5 Å². The second-order valence-corrected chi connectivity index (χ2v) is 8.06. The van der Waals surface area contributed by atoms with Crippen LogP contribution in [0.2, 0.25) is 5.02 Å². The predicted molar refractivity (Wildman–Crippen MR) is 134 cm³/mol. The number of guanidine groups is 1. The summed E-state index contributed by atoms with van der Waals surface area (Å²) in [5.74, 6) is 2.04. The summed E-state index contributed by atoms with van der Waals surface area (Å²) in [5, 5.41) is 7.02. The van der Waals surface area contributed by atoms with Gasteiger partial charge in [0.2, 0.25) is 0 Å². The fourth-order valence-electron chi connectivity index (χ4n) is 3.13. The maximum atomic E-state index is 13.4. The van der Waals surface area contributed by atoms with Crippen molar-refractivity contribution in [3.8, 4) is 5.82 Å². The molecule has 3 rings (SSSR count). The summed E-state index contributed by atoms with van der Waals surface area (Å²) in [6.45, 7) is 7.19. The van der Waals surface area contributed by atoms with Crippen LogP contribution in [0.4, 0.5) is 4.39 Å². The minimum Gasteiger partial charge on any atom is -0.356 e. The Balaban J connectivity index is 0.00000341. The van der Waals surface area contributed by atoms with Gasteiger partial charge in [-0.3, -0.25) is 9.56 Å². The first-order chi connectivity index (χ1) is 14.3. The first kappa shape index (κ1) is 25.1. The van der Waals surface area contributed by atoms with E-state index in [0.717, 1.165) is 22.8 Å². The molecule has 0 radical (unpaired) electrons. The molecular formula is C22H27ClFIN6. The Kier molecular flexibility index (Phi) is 8.81. The van der Waals surface area contributed by atoms with E-state index in [0.29, 0.717) is 24.1 Å². The Morgan fingerprint density at radius 2 is 1.97 bits per heavy atom. The Labute approximate surface area is 204 Å². The van der Waals surface area contributed by atoms with Crippen LogP contribution in [-0.2, 0) is 12.0 Å². The monoisotopic (exact) mass is 556 g/mol. The second-order valence-electron chi connectivity index (χ2n) is 7.66. The number of nitrogens with zero attached hydrogens (tertiary/aromatic N) is 4. The summed E-state index contributed by atoms with van der Waals surface area (Å²) < 4.78 is 15.3. The number of benzene rings is 1. The Morgan fingerprint density at radius 1 is 1.19 bits per heavy atom. The summed E-state index contributed by atoms with van der Waals surface area (Å²) in [6, 6.07) is 8.47. The summed E-state index contributed by atoms with van der Waals surface area (Å²) in [6.07, 6.45) is 5.47. The van der Waals surface area contributed by atoms with Gasteiger partial charge in [-0.1, -0.05) is 37.6 Å². The van der Waals surface area contributed by atoms with Gasteiger partial charge in [-0.2, -0.15) is 0 Å². The average molecular weight is 557 g/mol. The lowest BCUT2D eigenvalue weighted by Gasteiger charge is -2.27. The third-order valence-electron chi connectivity index (χ3n) is 4.92. The maximum absolute atomic E-state index is 13.4. The molecule has 6 nitrogen and oxygen atoms in total. The van der Waals surface area contributed by atoms with E-state index >= 15 is 0 Å². The number of pyridine rings is 1. The van der Waals surface area contributed by atoms with Crippen molar-refractivity contribution in [2.75, 3.05) is 13.6 Å². The third-order valence-corrected chi connectivity index (χ3v) is 5.24. The highest BCUT2D eigenvalue weighted by Gasteiger charge is 2.24. The summed E-state index contributed by atoms with van der Waals surface area (Å²) >= 11 is 6.24. The van der Waals surface area contributed by atoms with E-state index in [4.69, 9.17) is 11.6 Å². The van der Waals surface area contributed by atoms with Crippen LogP contribution in [-0.4, -0.2) is 34.1 Å². The van der Waals surface area contributed by atoms with Crippen molar-refractivity contribution in [1.29, 1.82) is 0 Å². The lowest BCUT2D eigenvalue weighted by atomic mass is 9.84. The molecule has 0 saturated carbocycles. The van der Waals surface area contributed by atoms with Gasteiger partial charge in [-0.05, 0) is 36.2 Å². The van der Waals surface area contributed by atoms with E-state index in [1.165, 1.54) is 12.1 Å². The molecule has 0 fully saturated rings. The smallest absolute Gasteiger partial charge is 0.191 e. The van der Waals surface area contributed by atoms with Crippen molar-refractivity contribution in [2.45, 2.75) is 32.7 Å². The molecule has 0 aliphatic heterocycles. The summed E-state index contributed by atoms with van der Waals surface area (Å²) in [4.78, 5) is 13.0. The van der Waals surface area contributed by atoms with Crippen LogP contribution in [0.1, 0.15) is 30.8 Å². The van der Waals surface area contributed by atoms with Crippen LogP contribution in [0.15, 0.2) is 53.9 Å². The quantitative estimate of drug-likeness (QED) is 0.264. The minimum absolute atomic E-state index is 0. The predicted octanol–water partition coefficient (Wildman–Crippen LogP) is 4.63. The largest absolute Gasteiger partial charge is 0.356 e. The molecule has 1 aromatic carbocycles. The molecule has 2 N–H and O–H groups in total. The van der Waals surface area contributed by atoms with Gasteiger partial charge in [-0.25, -0.2) is 14.4 Å². The zero-order valence-electron chi connectivity index (χ0n) is 18.0. The molecule has 0 saturated heterocycles. The van der Waals surface area contributed by atoms with Crippen LogP contribution in [0.5, 0.6) is 0 Å². The standard InChI is InChI=1S/C22H26ClFN6.HI/c1-15-26-9-10-30(15)20-8-5-16(12-27-20)13-28-21(25-4)29-14-22(2,3)18-7-6-17(24)11-19(18)23;/h5-12H,13-14H2,1-4H3,(H2,25,28,29);1H. The first-order valence-electron chi connectivity index (χ1n) is 9.65.